The lowest BCUT2D eigenvalue weighted by molar-refractivity contribution is -0.132. The van der Waals surface area contributed by atoms with Crippen molar-refractivity contribution < 1.29 is 9.59 Å². The molecule has 1 fully saturated rings. The summed E-state index contributed by atoms with van der Waals surface area (Å²) < 4.78 is 0. The van der Waals surface area contributed by atoms with E-state index in [1.54, 1.807) is 4.90 Å². The molecule has 0 radical (unpaired) electrons. The van der Waals surface area contributed by atoms with Crippen LogP contribution in [0.5, 0.6) is 0 Å². The molecule has 0 spiro atoms. The van der Waals surface area contributed by atoms with Crippen LogP contribution in [0.1, 0.15) is 18.4 Å². The van der Waals surface area contributed by atoms with E-state index in [9.17, 15) is 9.59 Å². The van der Waals surface area contributed by atoms with E-state index >= 15 is 0 Å². The number of amides is 2. The van der Waals surface area contributed by atoms with Crippen molar-refractivity contribution in [3.63, 3.8) is 0 Å². The molecular weight excluding hydrogens is 302 g/mol. The molecule has 1 aromatic carbocycles. The number of carbonyl (C=O) groups is 2. The molecule has 120 valence electrons. The zero-order valence-corrected chi connectivity index (χ0v) is 13.6. The van der Waals surface area contributed by atoms with Gasteiger partial charge in [-0.15, -0.1) is 0 Å². The van der Waals surface area contributed by atoms with Gasteiger partial charge < -0.3 is 10.2 Å². The van der Waals surface area contributed by atoms with Crippen molar-refractivity contribution >= 4 is 23.4 Å². The van der Waals surface area contributed by atoms with Crippen LogP contribution in [0.3, 0.4) is 0 Å². The number of benzene rings is 1. The first-order valence-corrected chi connectivity index (χ1v) is 7.90. The Morgan fingerprint density at radius 2 is 1.95 bits per heavy atom. The van der Waals surface area contributed by atoms with Crippen LogP contribution >= 0.6 is 11.6 Å². The quantitative estimate of drug-likeness (QED) is 0.863. The maximum absolute atomic E-state index is 11.9. The number of hydrogen-bond acceptors (Lipinski definition) is 3. The smallest absolute Gasteiger partial charge is 0.241 e. The number of rotatable bonds is 6. The average molecular weight is 324 g/mol. The Balaban J connectivity index is 1.72. The summed E-state index contributed by atoms with van der Waals surface area (Å²) in [6.07, 6.45) is 2.11. The number of halogens is 1. The highest BCUT2D eigenvalue weighted by atomic mass is 35.5. The molecule has 0 aromatic heterocycles. The molecule has 1 aromatic rings. The molecule has 0 atom stereocenters. The lowest BCUT2D eigenvalue weighted by Gasteiger charge is -2.18. The van der Waals surface area contributed by atoms with E-state index in [-0.39, 0.29) is 24.9 Å². The maximum Gasteiger partial charge on any atom is 0.241 e. The van der Waals surface area contributed by atoms with Gasteiger partial charge in [0.2, 0.25) is 11.8 Å². The lowest BCUT2D eigenvalue weighted by Crippen LogP contribution is -2.42. The van der Waals surface area contributed by atoms with Gasteiger partial charge in [0.05, 0.1) is 13.1 Å². The summed E-state index contributed by atoms with van der Waals surface area (Å²) in [6, 6.07) is 7.57. The Bertz CT molecular complexity index is 530. The van der Waals surface area contributed by atoms with Gasteiger partial charge in [-0.2, -0.15) is 0 Å². The second-order valence-electron chi connectivity index (χ2n) is 5.63. The molecule has 22 heavy (non-hydrogen) atoms. The Morgan fingerprint density at radius 1 is 1.27 bits per heavy atom. The number of likely N-dealkylation sites (N-methyl/N-ethyl adjacent to an activating group) is 1. The Morgan fingerprint density at radius 3 is 2.64 bits per heavy atom. The van der Waals surface area contributed by atoms with Gasteiger partial charge in [-0.3, -0.25) is 14.5 Å². The topological polar surface area (TPSA) is 52.7 Å². The summed E-state index contributed by atoms with van der Waals surface area (Å²) in [7, 11) is 1.85. The molecule has 2 rings (SSSR count). The van der Waals surface area contributed by atoms with Gasteiger partial charge in [0, 0.05) is 24.7 Å². The van der Waals surface area contributed by atoms with Crippen molar-refractivity contribution in [3.8, 4) is 0 Å². The van der Waals surface area contributed by atoms with E-state index in [2.05, 4.69) is 5.32 Å². The van der Waals surface area contributed by atoms with Crippen LogP contribution in [0.4, 0.5) is 0 Å². The molecule has 1 aliphatic heterocycles. The SMILES string of the molecule is CN(CC(=O)NCC(=O)N1CCCC1)Cc1ccccc1Cl. The molecule has 0 aliphatic carbocycles. The molecule has 0 saturated carbocycles. The predicted octanol–water partition coefficient (Wildman–Crippen LogP) is 1.51. The second-order valence-corrected chi connectivity index (χ2v) is 6.04. The minimum absolute atomic E-state index is 0.000364. The van der Waals surface area contributed by atoms with E-state index in [4.69, 9.17) is 11.6 Å². The third kappa shape index (κ3) is 5.00. The van der Waals surface area contributed by atoms with Crippen molar-refractivity contribution in [1.82, 2.24) is 15.1 Å². The monoisotopic (exact) mass is 323 g/mol. The third-order valence-electron chi connectivity index (χ3n) is 3.71. The van der Waals surface area contributed by atoms with Crippen molar-refractivity contribution in [3.05, 3.63) is 34.9 Å². The van der Waals surface area contributed by atoms with Gasteiger partial charge in [-0.1, -0.05) is 29.8 Å². The Kier molecular flexibility index (Phi) is 6.21. The van der Waals surface area contributed by atoms with Crippen LogP contribution < -0.4 is 5.32 Å². The minimum atomic E-state index is -0.151. The molecule has 6 heteroatoms. The number of nitrogens with one attached hydrogen (secondary N) is 1. The lowest BCUT2D eigenvalue weighted by atomic mass is 10.2. The van der Waals surface area contributed by atoms with Crippen molar-refractivity contribution in [2.75, 3.05) is 33.2 Å². The largest absolute Gasteiger partial charge is 0.346 e. The molecule has 5 nitrogen and oxygen atoms in total. The summed E-state index contributed by atoms with van der Waals surface area (Å²) in [4.78, 5) is 27.4. The van der Waals surface area contributed by atoms with Crippen molar-refractivity contribution in [2.24, 2.45) is 0 Å². The predicted molar refractivity (Wildman–Crippen MR) is 86.6 cm³/mol. The van der Waals surface area contributed by atoms with E-state index in [1.165, 1.54) is 0 Å². The fourth-order valence-corrected chi connectivity index (χ4v) is 2.72. The fourth-order valence-electron chi connectivity index (χ4n) is 2.53. The van der Waals surface area contributed by atoms with Gasteiger partial charge >= 0.3 is 0 Å². The van der Waals surface area contributed by atoms with Crippen molar-refractivity contribution in [2.45, 2.75) is 19.4 Å². The normalized spacial score (nSPS) is 14.4. The second kappa shape index (κ2) is 8.15. The van der Waals surface area contributed by atoms with Crippen LogP contribution in [0.2, 0.25) is 5.02 Å². The molecule has 2 amide bonds. The zero-order valence-electron chi connectivity index (χ0n) is 12.8. The number of hydrogen-bond donors (Lipinski definition) is 1. The zero-order chi connectivity index (χ0) is 15.9. The fraction of sp³-hybridized carbons (Fsp3) is 0.500. The highest BCUT2D eigenvalue weighted by Crippen LogP contribution is 2.16. The highest BCUT2D eigenvalue weighted by molar-refractivity contribution is 6.31. The molecule has 1 N–H and O–H groups in total. The number of nitrogens with zero attached hydrogens (tertiary/aromatic N) is 2. The van der Waals surface area contributed by atoms with Gasteiger partial charge in [0.15, 0.2) is 0 Å². The minimum Gasteiger partial charge on any atom is -0.346 e. The number of carbonyl (C=O) groups excluding carboxylic acids is 2. The van der Waals surface area contributed by atoms with Crippen LogP contribution in [0, 0.1) is 0 Å². The first-order valence-electron chi connectivity index (χ1n) is 7.52. The average Bonchev–Trinajstić information content (AvgIpc) is 3.01. The number of likely N-dealkylation sites (tertiary alicyclic amines) is 1. The van der Waals surface area contributed by atoms with Gasteiger partial charge in [-0.05, 0) is 31.5 Å². The molecule has 1 saturated heterocycles. The molecule has 1 aliphatic rings. The van der Waals surface area contributed by atoms with Crippen molar-refractivity contribution in [1.29, 1.82) is 0 Å². The molecule has 0 unspecified atom stereocenters. The van der Waals surface area contributed by atoms with Crippen LogP contribution in [0.15, 0.2) is 24.3 Å². The first-order chi connectivity index (χ1) is 10.6. The van der Waals surface area contributed by atoms with E-state index in [1.807, 2.05) is 36.2 Å². The Labute approximate surface area is 136 Å². The Hall–Kier alpha value is -1.59. The molecule has 0 bridgehead atoms. The van der Waals surface area contributed by atoms with Gasteiger partial charge in [-0.25, -0.2) is 0 Å². The first kappa shape index (κ1) is 16.8. The summed E-state index contributed by atoms with van der Waals surface area (Å²) >= 11 is 6.10. The highest BCUT2D eigenvalue weighted by Gasteiger charge is 2.18. The maximum atomic E-state index is 11.9. The van der Waals surface area contributed by atoms with Crippen LogP contribution in [-0.2, 0) is 16.1 Å². The summed E-state index contributed by atoms with van der Waals surface area (Å²) in [6.45, 7) is 2.52. The molecule has 1 heterocycles. The van der Waals surface area contributed by atoms with Gasteiger partial charge in [0.25, 0.3) is 0 Å². The van der Waals surface area contributed by atoms with E-state index in [0.717, 1.165) is 31.5 Å². The summed E-state index contributed by atoms with van der Waals surface area (Å²) in [5.74, 6) is -0.151. The standard InChI is InChI=1S/C16H22ClN3O2/c1-19(11-13-6-2-3-7-14(13)17)12-15(21)18-10-16(22)20-8-4-5-9-20/h2-3,6-7H,4-5,8-12H2,1H3,(H,18,21). The third-order valence-corrected chi connectivity index (χ3v) is 4.08. The van der Waals surface area contributed by atoms with E-state index < -0.39 is 0 Å². The summed E-state index contributed by atoms with van der Waals surface area (Å²) in [5, 5.41) is 3.38. The van der Waals surface area contributed by atoms with E-state index in [0.29, 0.717) is 11.6 Å². The van der Waals surface area contributed by atoms with Crippen LogP contribution in [-0.4, -0.2) is 54.8 Å². The summed E-state index contributed by atoms with van der Waals surface area (Å²) in [5.41, 5.74) is 0.979. The molecular formula is C16H22ClN3O2. The van der Waals surface area contributed by atoms with Gasteiger partial charge in [0.1, 0.15) is 0 Å². The van der Waals surface area contributed by atoms with Crippen LogP contribution in [0.25, 0.3) is 0 Å².